The number of nitrogens with one attached hydrogen (secondary N) is 3. The van der Waals surface area contributed by atoms with Gasteiger partial charge in [0.2, 0.25) is 11.8 Å². The van der Waals surface area contributed by atoms with Gasteiger partial charge in [-0.1, -0.05) is 13.0 Å². The van der Waals surface area contributed by atoms with Crippen molar-refractivity contribution in [2.45, 2.75) is 50.5 Å². The Kier molecular flexibility index (Phi) is 8.85. The summed E-state index contributed by atoms with van der Waals surface area (Å²) in [5.41, 5.74) is 5.24. The van der Waals surface area contributed by atoms with Crippen LogP contribution in [0.2, 0.25) is 0 Å². The first-order valence-electron chi connectivity index (χ1n) is 8.83. The van der Waals surface area contributed by atoms with E-state index in [1.54, 1.807) is 0 Å². The van der Waals surface area contributed by atoms with Gasteiger partial charge in [0.25, 0.3) is 0 Å². The number of urea groups is 1. The monoisotopic (exact) mass is 420 g/mol. The maximum Gasteiger partial charge on any atom is 0.315 e. The van der Waals surface area contributed by atoms with Crippen LogP contribution in [0.3, 0.4) is 0 Å². The minimum Gasteiger partial charge on any atom is -0.390 e. The van der Waals surface area contributed by atoms with E-state index in [1.165, 1.54) is 6.08 Å². The van der Waals surface area contributed by atoms with Crippen molar-refractivity contribution >= 4 is 27.7 Å². The standard InChI is InChI=1S/C16H28N4O7S/c1-3-5-18-16(25)20-11-7-9(8-12(21)13(11)22)15(24)19-10(14(17)23)4-6-28(2,26)27/h7,10-13,21-22H,3-6,8H2,1-2H3,(H2,17,23)(H,19,24)(H2,18,20,25). The summed E-state index contributed by atoms with van der Waals surface area (Å²) in [6, 6.07) is -2.81. The second kappa shape index (κ2) is 10.4. The Bertz CT molecular complexity index is 723. The lowest BCUT2D eigenvalue weighted by Crippen LogP contribution is -2.54. The highest BCUT2D eigenvalue weighted by Crippen LogP contribution is 2.20. The Hall–Kier alpha value is -2.18. The van der Waals surface area contributed by atoms with Crippen LogP contribution in [0.1, 0.15) is 26.2 Å². The predicted molar refractivity (Wildman–Crippen MR) is 101 cm³/mol. The van der Waals surface area contributed by atoms with E-state index in [0.29, 0.717) is 13.0 Å². The molecule has 4 amide bonds. The number of carbonyl (C=O) groups excluding carboxylic acids is 3. The lowest BCUT2D eigenvalue weighted by molar-refractivity contribution is -0.125. The third-order valence-corrected chi connectivity index (χ3v) is 5.10. The number of primary amides is 1. The van der Waals surface area contributed by atoms with Crippen LogP contribution < -0.4 is 21.7 Å². The molecule has 11 nitrogen and oxygen atoms in total. The maximum absolute atomic E-state index is 12.4. The molecule has 0 saturated heterocycles. The number of aliphatic hydroxyl groups is 2. The fourth-order valence-corrected chi connectivity index (χ4v) is 3.24. The Labute approximate surface area is 163 Å². The number of nitrogens with two attached hydrogens (primary N) is 1. The third kappa shape index (κ3) is 7.82. The van der Waals surface area contributed by atoms with Crippen LogP contribution in [0.4, 0.5) is 4.79 Å². The molecule has 160 valence electrons. The molecule has 0 radical (unpaired) electrons. The molecule has 0 spiro atoms. The van der Waals surface area contributed by atoms with Crippen molar-refractivity contribution in [2.75, 3.05) is 18.6 Å². The molecule has 0 saturated carbocycles. The molecular formula is C16H28N4O7S. The van der Waals surface area contributed by atoms with Gasteiger partial charge in [0.1, 0.15) is 22.0 Å². The van der Waals surface area contributed by atoms with Crippen molar-refractivity contribution in [1.29, 1.82) is 0 Å². The van der Waals surface area contributed by atoms with E-state index in [2.05, 4.69) is 16.0 Å². The van der Waals surface area contributed by atoms with Gasteiger partial charge < -0.3 is 31.9 Å². The van der Waals surface area contributed by atoms with E-state index in [1.807, 2.05) is 6.92 Å². The summed E-state index contributed by atoms with van der Waals surface area (Å²) in [4.78, 5) is 35.7. The summed E-state index contributed by atoms with van der Waals surface area (Å²) in [6.45, 7) is 2.27. The normalized spacial score (nSPS) is 23.3. The smallest absolute Gasteiger partial charge is 0.315 e. The lowest BCUT2D eigenvalue weighted by Gasteiger charge is -2.31. The molecule has 1 rings (SSSR count). The summed E-state index contributed by atoms with van der Waals surface area (Å²) in [5.74, 6) is -1.99. The molecule has 12 heteroatoms. The van der Waals surface area contributed by atoms with E-state index in [9.17, 15) is 33.0 Å². The first-order valence-corrected chi connectivity index (χ1v) is 10.9. The van der Waals surface area contributed by atoms with E-state index in [4.69, 9.17) is 5.73 Å². The van der Waals surface area contributed by atoms with Gasteiger partial charge in [-0.15, -0.1) is 0 Å². The van der Waals surface area contributed by atoms with Crippen LogP contribution in [0.25, 0.3) is 0 Å². The van der Waals surface area contributed by atoms with Crippen LogP contribution in [-0.2, 0) is 19.4 Å². The molecule has 7 N–H and O–H groups in total. The molecule has 4 atom stereocenters. The quantitative estimate of drug-likeness (QED) is 0.238. The number of rotatable bonds is 9. The Morgan fingerprint density at radius 2 is 1.96 bits per heavy atom. The molecule has 0 fully saturated rings. The van der Waals surface area contributed by atoms with Crippen molar-refractivity contribution in [2.24, 2.45) is 5.73 Å². The van der Waals surface area contributed by atoms with Gasteiger partial charge in [0.15, 0.2) is 0 Å². The number of carbonyl (C=O) groups is 3. The Balaban J connectivity index is 2.86. The Morgan fingerprint density at radius 3 is 2.50 bits per heavy atom. The van der Waals surface area contributed by atoms with Gasteiger partial charge >= 0.3 is 6.03 Å². The summed E-state index contributed by atoms with van der Waals surface area (Å²) in [5, 5.41) is 27.4. The van der Waals surface area contributed by atoms with E-state index in [-0.39, 0.29) is 24.2 Å². The molecule has 0 aliphatic heterocycles. The minimum absolute atomic E-state index is 0.0317. The molecule has 1 aliphatic rings. The average molecular weight is 420 g/mol. The van der Waals surface area contributed by atoms with Crippen molar-refractivity contribution < 1.29 is 33.0 Å². The molecule has 0 heterocycles. The summed E-state index contributed by atoms with van der Waals surface area (Å²) in [7, 11) is -3.36. The second-order valence-electron chi connectivity index (χ2n) is 6.73. The highest BCUT2D eigenvalue weighted by Gasteiger charge is 2.34. The van der Waals surface area contributed by atoms with E-state index in [0.717, 1.165) is 6.26 Å². The molecule has 0 aromatic carbocycles. The third-order valence-electron chi connectivity index (χ3n) is 4.12. The van der Waals surface area contributed by atoms with Crippen LogP contribution in [0.15, 0.2) is 11.6 Å². The fraction of sp³-hybridized carbons (Fsp3) is 0.688. The topological polar surface area (TPSA) is 188 Å². The summed E-state index contributed by atoms with van der Waals surface area (Å²) < 4.78 is 22.5. The first-order chi connectivity index (χ1) is 12.9. The van der Waals surface area contributed by atoms with Crippen LogP contribution in [-0.4, -0.2) is 79.3 Å². The number of hydrogen-bond donors (Lipinski definition) is 6. The fourth-order valence-electron chi connectivity index (χ4n) is 2.57. The van der Waals surface area contributed by atoms with Crippen LogP contribution >= 0.6 is 0 Å². The summed E-state index contributed by atoms with van der Waals surface area (Å²) >= 11 is 0. The van der Waals surface area contributed by atoms with Gasteiger partial charge in [0.05, 0.1) is 17.9 Å². The zero-order valence-corrected chi connectivity index (χ0v) is 16.7. The van der Waals surface area contributed by atoms with Gasteiger partial charge in [-0.25, -0.2) is 13.2 Å². The average Bonchev–Trinajstić information content (AvgIpc) is 2.59. The van der Waals surface area contributed by atoms with Gasteiger partial charge in [-0.2, -0.15) is 0 Å². The van der Waals surface area contributed by atoms with Crippen LogP contribution in [0, 0.1) is 0 Å². The summed E-state index contributed by atoms with van der Waals surface area (Å²) in [6.07, 6.45) is -0.0551. The van der Waals surface area contributed by atoms with Crippen molar-refractivity contribution in [1.82, 2.24) is 16.0 Å². The highest BCUT2D eigenvalue weighted by molar-refractivity contribution is 7.90. The van der Waals surface area contributed by atoms with Crippen molar-refractivity contribution in [3.63, 3.8) is 0 Å². The van der Waals surface area contributed by atoms with E-state index < -0.39 is 52.0 Å². The zero-order chi connectivity index (χ0) is 21.5. The number of hydrogen-bond acceptors (Lipinski definition) is 7. The molecule has 0 bridgehead atoms. The largest absolute Gasteiger partial charge is 0.390 e. The second-order valence-corrected chi connectivity index (χ2v) is 8.99. The highest BCUT2D eigenvalue weighted by atomic mass is 32.2. The van der Waals surface area contributed by atoms with Crippen molar-refractivity contribution in [3.8, 4) is 0 Å². The minimum atomic E-state index is -3.36. The molecule has 0 aromatic heterocycles. The number of amides is 4. The van der Waals surface area contributed by atoms with Gasteiger partial charge in [-0.05, 0) is 12.8 Å². The van der Waals surface area contributed by atoms with E-state index >= 15 is 0 Å². The molecule has 4 unspecified atom stereocenters. The van der Waals surface area contributed by atoms with Crippen LogP contribution in [0.5, 0.6) is 0 Å². The number of aliphatic hydroxyl groups excluding tert-OH is 2. The molecule has 0 aromatic rings. The zero-order valence-electron chi connectivity index (χ0n) is 15.8. The first kappa shape index (κ1) is 23.9. The molecular weight excluding hydrogens is 392 g/mol. The molecule has 28 heavy (non-hydrogen) atoms. The SMILES string of the molecule is CCCNC(=O)NC1C=C(C(=O)NC(CCS(C)(=O)=O)C(N)=O)CC(O)C1O. The maximum atomic E-state index is 12.4. The van der Waals surface area contributed by atoms with Gasteiger partial charge in [0, 0.05) is 24.8 Å². The lowest BCUT2D eigenvalue weighted by atomic mass is 9.90. The molecule has 1 aliphatic carbocycles. The Morgan fingerprint density at radius 1 is 1.32 bits per heavy atom. The van der Waals surface area contributed by atoms with Gasteiger partial charge in [-0.3, -0.25) is 9.59 Å². The predicted octanol–water partition coefficient (Wildman–Crippen LogP) is -2.48. The number of sulfone groups is 1. The van der Waals surface area contributed by atoms with Crippen molar-refractivity contribution in [3.05, 3.63) is 11.6 Å².